The van der Waals surface area contributed by atoms with Crippen LogP contribution in [0, 0.1) is 0 Å². The molecule has 7 nitrogen and oxygen atoms in total. The maximum absolute atomic E-state index is 13.5. The summed E-state index contributed by atoms with van der Waals surface area (Å²) in [5, 5.41) is 1.11. The van der Waals surface area contributed by atoms with Gasteiger partial charge >= 0.3 is 5.97 Å². The number of fused-ring (bicyclic) bond motifs is 1. The van der Waals surface area contributed by atoms with Crippen molar-refractivity contribution in [3.63, 3.8) is 0 Å². The molecule has 0 N–H and O–H groups in total. The summed E-state index contributed by atoms with van der Waals surface area (Å²) < 4.78 is 10.4. The molecule has 0 fully saturated rings. The Morgan fingerprint density at radius 2 is 1.79 bits per heavy atom. The van der Waals surface area contributed by atoms with E-state index >= 15 is 0 Å². The fourth-order valence-electron chi connectivity index (χ4n) is 3.75. The number of thioether (sulfide) groups is 1. The number of ether oxygens (including phenoxy) is 2. The highest BCUT2D eigenvalue weighted by Gasteiger charge is 2.41. The number of halogens is 2. The molecule has 1 unspecified atom stereocenters. The summed E-state index contributed by atoms with van der Waals surface area (Å²) >= 11 is 14.0. The molecular formula is C23H19Cl2N3O4S. The Bertz CT molecular complexity index is 1240. The number of methoxy groups -OCH3 is 2. The van der Waals surface area contributed by atoms with Crippen LogP contribution >= 0.6 is 35.0 Å². The minimum absolute atomic E-state index is 0.105. The van der Waals surface area contributed by atoms with Crippen LogP contribution in [0.2, 0.25) is 10.0 Å². The normalized spacial score (nSPS) is 13.6. The number of benzene rings is 2. The van der Waals surface area contributed by atoms with E-state index in [0.29, 0.717) is 43.3 Å². The van der Waals surface area contributed by atoms with E-state index in [0.717, 1.165) is 0 Å². The van der Waals surface area contributed by atoms with Crippen LogP contribution in [0.5, 0.6) is 5.75 Å². The van der Waals surface area contributed by atoms with Crippen molar-refractivity contribution in [3.8, 4) is 17.0 Å². The summed E-state index contributed by atoms with van der Waals surface area (Å²) in [6.45, 7) is 0.105. The number of esters is 1. The van der Waals surface area contributed by atoms with E-state index in [4.69, 9.17) is 32.7 Å². The van der Waals surface area contributed by atoms with E-state index in [1.165, 1.54) is 30.9 Å². The van der Waals surface area contributed by atoms with Crippen molar-refractivity contribution < 1.29 is 19.1 Å². The van der Waals surface area contributed by atoms with Gasteiger partial charge in [0.2, 0.25) is 0 Å². The first kappa shape index (κ1) is 23.4. The van der Waals surface area contributed by atoms with Gasteiger partial charge in [-0.25, -0.2) is 14.8 Å². The van der Waals surface area contributed by atoms with Gasteiger partial charge in [-0.2, -0.15) is 0 Å². The average Bonchev–Trinajstić information content (AvgIpc) is 3.15. The number of amides is 1. The molecule has 0 aliphatic carbocycles. The number of aromatic nitrogens is 2. The fourth-order valence-corrected chi connectivity index (χ4v) is 4.66. The predicted molar refractivity (Wildman–Crippen MR) is 127 cm³/mol. The number of hydrogen-bond acceptors (Lipinski definition) is 7. The Labute approximate surface area is 205 Å². The lowest BCUT2D eigenvalue weighted by Crippen LogP contribution is -2.35. The predicted octanol–water partition coefficient (Wildman–Crippen LogP) is 5.05. The fraction of sp³-hybridized carbons (Fsp3) is 0.217. The van der Waals surface area contributed by atoms with Crippen LogP contribution in [0.4, 0.5) is 0 Å². The first-order valence-electron chi connectivity index (χ1n) is 9.81. The summed E-state index contributed by atoms with van der Waals surface area (Å²) in [7, 11) is 2.80. The highest BCUT2D eigenvalue weighted by Crippen LogP contribution is 2.41. The van der Waals surface area contributed by atoms with Crippen molar-refractivity contribution in [1.29, 1.82) is 0 Å². The van der Waals surface area contributed by atoms with Gasteiger partial charge in [-0.05, 0) is 24.0 Å². The third-order valence-corrected chi connectivity index (χ3v) is 6.46. The monoisotopic (exact) mass is 503 g/mol. The number of carbonyl (C=O) groups excluding carboxylic acids is 2. The number of nitrogens with zero attached hydrogens (tertiary/aromatic N) is 3. The molecule has 2 heterocycles. The van der Waals surface area contributed by atoms with Gasteiger partial charge < -0.3 is 14.4 Å². The standard InChI is InChI=1S/C23H19Cl2N3O4S/c1-31-17-9-13(15(24)10-16(17)25)18-14-11-28(21(29)19(14)27-23(26-18)33-3)20(22(30)32-2)12-7-5-4-6-8-12/h4-10,20H,11H2,1-3H3. The van der Waals surface area contributed by atoms with Crippen molar-refractivity contribution in [1.82, 2.24) is 14.9 Å². The van der Waals surface area contributed by atoms with E-state index in [1.54, 1.807) is 36.4 Å². The molecule has 170 valence electrons. The Morgan fingerprint density at radius 1 is 1.09 bits per heavy atom. The van der Waals surface area contributed by atoms with Crippen molar-refractivity contribution in [2.24, 2.45) is 0 Å². The molecule has 0 bridgehead atoms. The highest BCUT2D eigenvalue weighted by molar-refractivity contribution is 7.98. The van der Waals surface area contributed by atoms with Gasteiger partial charge in [-0.3, -0.25) is 4.79 Å². The third-order valence-electron chi connectivity index (χ3n) is 5.31. The molecule has 1 amide bonds. The van der Waals surface area contributed by atoms with E-state index in [9.17, 15) is 9.59 Å². The van der Waals surface area contributed by atoms with Gasteiger partial charge in [0.25, 0.3) is 5.91 Å². The molecule has 1 aliphatic heterocycles. The van der Waals surface area contributed by atoms with Gasteiger partial charge in [0.05, 0.1) is 36.5 Å². The van der Waals surface area contributed by atoms with E-state index in [-0.39, 0.29) is 18.1 Å². The van der Waals surface area contributed by atoms with Crippen molar-refractivity contribution in [2.75, 3.05) is 20.5 Å². The maximum Gasteiger partial charge on any atom is 0.333 e. The minimum atomic E-state index is -0.932. The first-order valence-corrected chi connectivity index (χ1v) is 11.8. The molecule has 0 saturated carbocycles. The molecule has 33 heavy (non-hydrogen) atoms. The number of hydrogen-bond donors (Lipinski definition) is 0. The highest BCUT2D eigenvalue weighted by atomic mass is 35.5. The van der Waals surface area contributed by atoms with Gasteiger partial charge in [-0.1, -0.05) is 65.3 Å². The van der Waals surface area contributed by atoms with Crippen LogP contribution in [0.3, 0.4) is 0 Å². The van der Waals surface area contributed by atoms with Crippen molar-refractivity contribution >= 4 is 46.8 Å². The summed E-state index contributed by atoms with van der Waals surface area (Å²) in [6.07, 6.45) is 1.81. The largest absolute Gasteiger partial charge is 0.495 e. The molecule has 0 saturated heterocycles. The van der Waals surface area contributed by atoms with Crippen LogP contribution in [0.25, 0.3) is 11.3 Å². The molecule has 1 aromatic heterocycles. The summed E-state index contributed by atoms with van der Waals surface area (Å²) in [5.74, 6) is -0.513. The molecule has 1 aliphatic rings. The molecule has 10 heteroatoms. The van der Waals surface area contributed by atoms with Crippen molar-refractivity contribution in [3.05, 3.63) is 69.3 Å². The maximum atomic E-state index is 13.5. The number of carbonyl (C=O) groups is 2. The van der Waals surface area contributed by atoms with Crippen molar-refractivity contribution in [2.45, 2.75) is 17.7 Å². The lowest BCUT2D eigenvalue weighted by molar-refractivity contribution is -0.146. The summed E-state index contributed by atoms with van der Waals surface area (Å²) in [6, 6.07) is 11.3. The molecule has 1 atom stereocenters. The van der Waals surface area contributed by atoms with Gasteiger partial charge in [0.15, 0.2) is 11.2 Å². The second-order valence-electron chi connectivity index (χ2n) is 7.12. The quantitative estimate of drug-likeness (QED) is 0.264. The van der Waals surface area contributed by atoms with Gasteiger partial charge in [0.1, 0.15) is 11.4 Å². The summed E-state index contributed by atoms with van der Waals surface area (Å²) in [4.78, 5) is 36.8. The second-order valence-corrected chi connectivity index (χ2v) is 8.71. The van der Waals surface area contributed by atoms with E-state index < -0.39 is 12.0 Å². The van der Waals surface area contributed by atoms with Crippen LogP contribution < -0.4 is 4.74 Å². The minimum Gasteiger partial charge on any atom is -0.495 e. The molecule has 4 rings (SSSR count). The molecule has 3 aromatic rings. The Kier molecular flexibility index (Phi) is 6.78. The van der Waals surface area contributed by atoms with Crippen LogP contribution in [0.1, 0.15) is 27.7 Å². The zero-order chi connectivity index (χ0) is 23.7. The van der Waals surface area contributed by atoms with Crippen LogP contribution in [-0.4, -0.2) is 47.2 Å². The van der Waals surface area contributed by atoms with Crippen LogP contribution in [-0.2, 0) is 16.1 Å². The molecule has 0 spiro atoms. The van der Waals surface area contributed by atoms with Crippen LogP contribution in [0.15, 0.2) is 47.6 Å². The summed E-state index contributed by atoms with van der Waals surface area (Å²) in [5.41, 5.74) is 2.46. The van der Waals surface area contributed by atoms with E-state index in [1.807, 2.05) is 12.3 Å². The topological polar surface area (TPSA) is 81.6 Å². The lowest BCUT2D eigenvalue weighted by atomic mass is 10.0. The Balaban J connectivity index is 1.87. The molecule has 0 radical (unpaired) electrons. The second kappa shape index (κ2) is 9.59. The Morgan fingerprint density at radius 3 is 2.42 bits per heavy atom. The lowest BCUT2D eigenvalue weighted by Gasteiger charge is -2.25. The van der Waals surface area contributed by atoms with Gasteiger partial charge in [0, 0.05) is 11.1 Å². The molecular weight excluding hydrogens is 485 g/mol. The zero-order valence-corrected chi connectivity index (χ0v) is 20.3. The van der Waals surface area contributed by atoms with Gasteiger partial charge in [-0.15, -0.1) is 0 Å². The smallest absolute Gasteiger partial charge is 0.333 e. The third kappa shape index (κ3) is 4.26. The number of rotatable bonds is 6. The zero-order valence-electron chi connectivity index (χ0n) is 18.0. The SMILES string of the molecule is COC(=O)C(c1ccccc1)N1Cc2c(nc(SC)nc2-c2cc(OC)c(Cl)cc2Cl)C1=O. The Hall–Kier alpha value is -2.81. The van der Waals surface area contributed by atoms with E-state index in [2.05, 4.69) is 9.97 Å². The first-order chi connectivity index (χ1) is 15.9. The molecule has 2 aromatic carbocycles. The average molecular weight is 504 g/mol.